The summed E-state index contributed by atoms with van der Waals surface area (Å²) >= 11 is 5.58. The number of hydrogen-bond acceptors (Lipinski definition) is 4. The second-order valence-electron chi connectivity index (χ2n) is 4.58. The van der Waals surface area contributed by atoms with Crippen LogP contribution in [0, 0.1) is 0 Å². The molecule has 1 aliphatic rings. The van der Waals surface area contributed by atoms with Gasteiger partial charge in [-0.05, 0) is 58.0 Å². The van der Waals surface area contributed by atoms with Gasteiger partial charge in [0.2, 0.25) is 0 Å². The van der Waals surface area contributed by atoms with Crippen LogP contribution in [0.3, 0.4) is 0 Å². The monoisotopic (exact) mass is 345 g/mol. The van der Waals surface area contributed by atoms with Gasteiger partial charge in [-0.2, -0.15) is 11.8 Å². The van der Waals surface area contributed by atoms with Crippen molar-refractivity contribution in [3.8, 4) is 11.5 Å². The maximum atomic E-state index is 5.36. The molecule has 0 saturated carbocycles. The van der Waals surface area contributed by atoms with Gasteiger partial charge in [0, 0.05) is 12.6 Å². The summed E-state index contributed by atoms with van der Waals surface area (Å²) in [4.78, 5) is 0. The lowest BCUT2D eigenvalue weighted by atomic mass is 10.1. The second-order valence-corrected chi connectivity index (χ2v) is 6.66. The number of halogens is 1. The number of rotatable bonds is 5. The highest BCUT2D eigenvalue weighted by Gasteiger charge is 2.14. The van der Waals surface area contributed by atoms with E-state index in [1.54, 1.807) is 14.2 Å². The zero-order valence-electron chi connectivity index (χ0n) is 11.4. The number of benzene rings is 1. The molecule has 1 aromatic carbocycles. The van der Waals surface area contributed by atoms with Gasteiger partial charge in [-0.3, -0.25) is 0 Å². The Kier molecular flexibility index (Phi) is 5.85. The Hall–Kier alpha value is -0.390. The highest BCUT2D eigenvalue weighted by atomic mass is 79.9. The summed E-state index contributed by atoms with van der Waals surface area (Å²) in [5.74, 6) is 4.06. The Bertz CT molecular complexity index is 422. The maximum absolute atomic E-state index is 5.36. The Balaban J connectivity index is 2.01. The Morgan fingerprint density at radius 1 is 1.26 bits per heavy atom. The summed E-state index contributed by atoms with van der Waals surface area (Å²) in [5, 5.41) is 3.62. The van der Waals surface area contributed by atoms with Crippen molar-refractivity contribution in [2.24, 2.45) is 0 Å². The minimum absolute atomic E-state index is 0.646. The third-order valence-electron chi connectivity index (χ3n) is 3.31. The lowest BCUT2D eigenvalue weighted by Crippen LogP contribution is -2.32. The van der Waals surface area contributed by atoms with E-state index in [0.29, 0.717) is 6.04 Å². The molecule has 0 amide bonds. The minimum Gasteiger partial charge on any atom is -0.493 e. The van der Waals surface area contributed by atoms with Crippen molar-refractivity contribution in [3.63, 3.8) is 0 Å². The molecule has 0 atom stereocenters. The average Bonchev–Trinajstić information content (AvgIpc) is 2.45. The van der Waals surface area contributed by atoms with Crippen molar-refractivity contribution in [2.75, 3.05) is 25.7 Å². The van der Waals surface area contributed by atoms with Crippen molar-refractivity contribution >= 4 is 27.7 Å². The maximum Gasteiger partial charge on any atom is 0.174 e. The summed E-state index contributed by atoms with van der Waals surface area (Å²) in [6.07, 6.45) is 2.53. The normalized spacial score (nSPS) is 16.4. The molecular weight excluding hydrogens is 326 g/mol. The SMILES string of the molecule is COc1cc(CNC2CCSCC2)cc(Br)c1OC. The number of methoxy groups -OCH3 is 2. The molecular formula is C14H20BrNO2S. The summed E-state index contributed by atoms with van der Waals surface area (Å²) in [7, 11) is 3.32. The lowest BCUT2D eigenvalue weighted by molar-refractivity contribution is 0.352. The highest BCUT2D eigenvalue weighted by Crippen LogP contribution is 2.36. The van der Waals surface area contributed by atoms with Crippen LogP contribution in [0.25, 0.3) is 0 Å². The molecule has 2 rings (SSSR count). The fourth-order valence-electron chi connectivity index (χ4n) is 2.24. The highest BCUT2D eigenvalue weighted by molar-refractivity contribution is 9.10. The van der Waals surface area contributed by atoms with Crippen LogP contribution in [-0.4, -0.2) is 31.8 Å². The van der Waals surface area contributed by atoms with Gasteiger partial charge < -0.3 is 14.8 Å². The fraction of sp³-hybridized carbons (Fsp3) is 0.571. The molecule has 0 bridgehead atoms. The molecule has 1 saturated heterocycles. The third kappa shape index (κ3) is 4.04. The van der Waals surface area contributed by atoms with Crippen LogP contribution in [-0.2, 0) is 6.54 Å². The molecule has 1 fully saturated rings. The van der Waals surface area contributed by atoms with E-state index in [0.717, 1.165) is 22.5 Å². The molecule has 0 radical (unpaired) electrons. The summed E-state index contributed by atoms with van der Waals surface area (Å²) in [6.45, 7) is 0.869. The van der Waals surface area contributed by atoms with Crippen LogP contribution in [0.1, 0.15) is 18.4 Å². The summed E-state index contributed by atoms with van der Waals surface area (Å²) < 4.78 is 11.6. The van der Waals surface area contributed by atoms with Crippen LogP contribution < -0.4 is 14.8 Å². The fourth-order valence-corrected chi connectivity index (χ4v) is 4.00. The van der Waals surface area contributed by atoms with Gasteiger partial charge in [0.25, 0.3) is 0 Å². The van der Waals surface area contributed by atoms with Crippen molar-refractivity contribution in [1.29, 1.82) is 0 Å². The lowest BCUT2D eigenvalue weighted by Gasteiger charge is -2.23. The zero-order chi connectivity index (χ0) is 13.7. The summed E-state index contributed by atoms with van der Waals surface area (Å²) in [5.41, 5.74) is 1.21. The topological polar surface area (TPSA) is 30.5 Å². The Labute approximate surface area is 127 Å². The number of ether oxygens (including phenoxy) is 2. The molecule has 0 aromatic heterocycles. The van der Waals surface area contributed by atoms with E-state index < -0.39 is 0 Å². The molecule has 19 heavy (non-hydrogen) atoms. The standard InChI is InChI=1S/C14H20BrNO2S/c1-17-13-8-10(7-12(15)14(13)18-2)9-16-11-3-5-19-6-4-11/h7-8,11,16H,3-6,9H2,1-2H3. The van der Waals surface area contributed by atoms with Crippen molar-refractivity contribution in [1.82, 2.24) is 5.32 Å². The van der Waals surface area contributed by atoms with Crippen molar-refractivity contribution < 1.29 is 9.47 Å². The molecule has 3 nitrogen and oxygen atoms in total. The minimum atomic E-state index is 0.646. The van der Waals surface area contributed by atoms with Gasteiger partial charge in [-0.25, -0.2) is 0 Å². The predicted octanol–water partition coefficient (Wildman–Crippen LogP) is 3.45. The average molecular weight is 346 g/mol. The summed E-state index contributed by atoms with van der Waals surface area (Å²) in [6, 6.07) is 4.77. The first-order chi connectivity index (χ1) is 9.24. The molecule has 106 valence electrons. The molecule has 5 heteroatoms. The second kappa shape index (κ2) is 7.41. The first-order valence-electron chi connectivity index (χ1n) is 6.46. The van der Waals surface area contributed by atoms with Crippen LogP contribution in [0.4, 0.5) is 0 Å². The van der Waals surface area contributed by atoms with Crippen molar-refractivity contribution in [3.05, 3.63) is 22.2 Å². The number of nitrogens with one attached hydrogen (secondary N) is 1. The van der Waals surface area contributed by atoms with E-state index in [1.807, 2.05) is 17.8 Å². The zero-order valence-corrected chi connectivity index (χ0v) is 13.8. The van der Waals surface area contributed by atoms with Gasteiger partial charge in [-0.1, -0.05) is 0 Å². The van der Waals surface area contributed by atoms with Gasteiger partial charge >= 0.3 is 0 Å². The Morgan fingerprint density at radius 3 is 2.63 bits per heavy atom. The van der Waals surface area contributed by atoms with Crippen LogP contribution in [0.5, 0.6) is 11.5 Å². The van der Waals surface area contributed by atoms with Gasteiger partial charge in [0.05, 0.1) is 18.7 Å². The van der Waals surface area contributed by atoms with Crippen LogP contribution in [0.2, 0.25) is 0 Å². The van der Waals surface area contributed by atoms with Crippen molar-refractivity contribution in [2.45, 2.75) is 25.4 Å². The molecule has 1 heterocycles. The van der Waals surface area contributed by atoms with Gasteiger partial charge in [-0.15, -0.1) is 0 Å². The first kappa shape index (κ1) is 15.0. The largest absolute Gasteiger partial charge is 0.493 e. The van der Waals surface area contributed by atoms with E-state index in [1.165, 1.54) is 29.9 Å². The molecule has 1 N–H and O–H groups in total. The predicted molar refractivity (Wildman–Crippen MR) is 84.4 cm³/mol. The van der Waals surface area contributed by atoms with Gasteiger partial charge in [0.1, 0.15) is 0 Å². The molecule has 0 aliphatic carbocycles. The van der Waals surface area contributed by atoms with E-state index in [-0.39, 0.29) is 0 Å². The number of hydrogen-bond donors (Lipinski definition) is 1. The molecule has 0 spiro atoms. The van der Waals surface area contributed by atoms with E-state index in [9.17, 15) is 0 Å². The first-order valence-corrected chi connectivity index (χ1v) is 8.41. The van der Waals surface area contributed by atoms with Crippen LogP contribution in [0.15, 0.2) is 16.6 Å². The third-order valence-corrected chi connectivity index (χ3v) is 4.95. The molecule has 0 unspecified atom stereocenters. The van der Waals surface area contributed by atoms with Gasteiger partial charge in [0.15, 0.2) is 11.5 Å². The number of thioether (sulfide) groups is 1. The van der Waals surface area contributed by atoms with E-state index in [2.05, 4.69) is 27.3 Å². The quantitative estimate of drug-likeness (QED) is 0.885. The molecule has 1 aliphatic heterocycles. The molecule has 1 aromatic rings. The van der Waals surface area contributed by atoms with E-state index in [4.69, 9.17) is 9.47 Å². The Morgan fingerprint density at radius 2 is 2.00 bits per heavy atom. The smallest absolute Gasteiger partial charge is 0.174 e. The van der Waals surface area contributed by atoms with E-state index >= 15 is 0 Å². The van der Waals surface area contributed by atoms with Crippen LogP contribution >= 0.6 is 27.7 Å².